The van der Waals surface area contributed by atoms with Crippen LogP contribution in [0.25, 0.3) is 0 Å². The van der Waals surface area contributed by atoms with Crippen molar-refractivity contribution in [1.29, 1.82) is 0 Å². The Kier molecular flexibility index (Phi) is 1.42. The van der Waals surface area contributed by atoms with E-state index in [0.717, 1.165) is 5.70 Å². The zero-order valence-electron chi connectivity index (χ0n) is 6.27. The SMILES string of the molecule is NC1=CC=CC2C=CC=CC12. The lowest BCUT2D eigenvalue weighted by molar-refractivity contribution is 0.617. The highest BCUT2D eigenvalue weighted by Crippen LogP contribution is 2.27. The highest BCUT2D eigenvalue weighted by Gasteiger charge is 2.19. The topological polar surface area (TPSA) is 26.0 Å². The van der Waals surface area contributed by atoms with Gasteiger partial charge in [0.25, 0.3) is 0 Å². The molecule has 1 heteroatoms. The molecule has 0 aliphatic heterocycles. The number of hydrogen-bond donors (Lipinski definition) is 1. The minimum absolute atomic E-state index is 0.407. The molecule has 0 spiro atoms. The van der Waals surface area contributed by atoms with Crippen LogP contribution in [-0.2, 0) is 0 Å². The normalized spacial score (nSPS) is 33.3. The largest absolute Gasteiger partial charge is 0.402 e. The number of rotatable bonds is 0. The van der Waals surface area contributed by atoms with E-state index >= 15 is 0 Å². The second-order valence-corrected chi connectivity index (χ2v) is 2.92. The molecule has 11 heavy (non-hydrogen) atoms. The fourth-order valence-corrected chi connectivity index (χ4v) is 1.55. The van der Waals surface area contributed by atoms with E-state index in [4.69, 9.17) is 5.73 Å². The summed E-state index contributed by atoms with van der Waals surface area (Å²) in [5, 5.41) is 0. The first-order valence-electron chi connectivity index (χ1n) is 3.87. The van der Waals surface area contributed by atoms with E-state index in [-0.39, 0.29) is 0 Å². The monoisotopic (exact) mass is 145 g/mol. The molecule has 0 radical (unpaired) electrons. The van der Waals surface area contributed by atoms with Crippen LogP contribution in [0.4, 0.5) is 0 Å². The molecule has 0 amide bonds. The van der Waals surface area contributed by atoms with Gasteiger partial charge in [0.1, 0.15) is 0 Å². The average Bonchev–Trinajstić information content (AvgIpc) is 2.06. The summed E-state index contributed by atoms with van der Waals surface area (Å²) < 4.78 is 0. The highest BCUT2D eigenvalue weighted by molar-refractivity contribution is 5.32. The third-order valence-corrected chi connectivity index (χ3v) is 2.18. The lowest BCUT2D eigenvalue weighted by Gasteiger charge is -2.24. The second-order valence-electron chi connectivity index (χ2n) is 2.92. The zero-order chi connectivity index (χ0) is 7.68. The number of hydrogen-bond acceptors (Lipinski definition) is 1. The third-order valence-electron chi connectivity index (χ3n) is 2.18. The Morgan fingerprint density at radius 3 is 2.55 bits per heavy atom. The lowest BCUT2D eigenvalue weighted by Crippen LogP contribution is -2.20. The van der Waals surface area contributed by atoms with Gasteiger partial charge in [-0.15, -0.1) is 0 Å². The van der Waals surface area contributed by atoms with Gasteiger partial charge in [0.2, 0.25) is 0 Å². The molecule has 56 valence electrons. The van der Waals surface area contributed by atoms with E-state index in [9.17, 15) is 0 Å². The van der Waals surface area contributed by atoms with Gasteiger partial charge in [-0.1, -0.05) is 36.5 Å². The predicted octanol–water partition coefficient (Wildman–Crippen LogP) is 1.76. The summed E-state index contributed by atoms with van der Waals surface area (Å²) in [7, 11) is 0. The smallest absolute Gasteiger partial charge is 0.0265 e. The Bertz CT molecular complexity index is 269. The summed E-state index contributed by atoms with van der Waals surface area (Å²) in [6.07, 6.45) is 14.7. The summed E-state index contributed by atoms with van der Waals surface area (Å²) in [6.45, 7) is 0. The van der Waals surface area contributed by atoms with Crippen LogP contribution in [0.3, 0.4) is 0 Å². The molecule has 2 rings (SSSR count). The Labute approximate surface area is 66.6 Å². The molecule has 2 unspecified atom stereocenters. The van der Waals surface area contributed by atoms with Crippen molar-refractivity contribution in [1.82, 2.24) is 0 Å². The van der Waals surface area contributed by atoms with Crippen molar-refractivity contribution in [2.75, 3.05) is 0 Å². The van der Waals surface area contributed by atoms with Gasteiger partial charge < -0.3 is 5.73 Å². The molecule has 0 aromatic rings. The van der Waals surface area contributed by atoms with Crippen LogP contribution in [0.15, 0.2) is 48.2 Å². The molecule has 0 saturated carbocycles. The van der Waals surface area contributed by atoms with Crippen molar-refractivity contribution in [2.45, 2.75) is 0 Å². The van der Waals surface area contributed by atoms with Gasteiger partial charge in [-0.05, 0) is 6.08 Å². The Balaban J connectivity index is 2.33. The van der Waals surface area contributed by atoms with Gasteiger partial charge in [0.05, 0.1) is 0 Å². The molecule has 1 nitrogen and oxygen atoms in total. The zero-order valence-corrected chi connectivity index (χ0v) is 6.27. The van der Waals surface area contributed by atoms with Gasteiger partial charge in [-0.3, -0.25) is 0 Å². The number of nitrogens with two attached hydrogens (primary N) is 1. The third kappa shape index (κ3) is 1.03. The molecular weight excluding hydrogens is 134 g/mol. The van der Waals surface area contributed by atoms with E-state index in [1.165, 1.54) is 0 Å². The van der Waals surface area contributed by atoms with Crippen LogP contribution in [0.1, 0.15) is 0 Å². The van der Waals surface area contributed by atoms with E-state index in [0.29, 0.717) is 11.8 Å². The van der Waals surface area contributed by atoms with Crippen LogP contribution in [0.2, 0.25) is 0 Å². The van der Waals surface area contributed by atoms with E-state index in [1.54, 1.807) is 0 Å². The summed E-state index contributed by atoms with van der Waals surface area (Å²) in [4.78, 5) is 0. The molecule has 0 heterocycles. The van der Waals surface area contributed by atoms with Gasteiger partial charge in [0, 0.05) is 17.5 Å². The molecule has 2 aliphatic carbocycles. The average molecular weight is 145 g/mol. The molecule has 0 aromatic carbocycles. The van der Waals surface area contributed by atoms with Gasteiger partial charge in [0.15, 0.2) is 0 Å². The van der Waals surface area contributed by atoms with Crippen LogP contribution in [-0.4, -0.2) is 0 Å². The van der Waals surface area contributed by atoms with Crippen molar-refractivity contribution < 1.29 is 0 Å². The maximum absolute atomic E-state index is 5.81. The molecular formula is C10H11N. The minimum Gasteiger partial charge on any atom is -0.402 e. The predicted molar refractivity (Wildman–Crippen MR) is 46.7 cm³/mol. The van der Waals surface area contributed by atoms with Crippen LogP contribution in [0.5, 0.6) is 0 Å². The van der Waals surface area contributed by atoms with Crippen molar-refractivity contribution in [3.8, 4) is 0 Å². The van der Waals surface area contributed by atoms with Crippen LogP contribution >= 0.6 is 0 Å². The molecule has 2 aliphatic rings. The van der Waals surface area contributed by atoms with Crippen LogP contribution < -0.4 is 5.73 Å². The Morgan fingerprint density at radius 2 is 1.73 bits per heavy atom. The fraction of sp³-hybridized carbons (Fsp3) is 0.200. The maximum atomic E-state index is 5.81. The second kappa shape index (κ2) is 2.42. The van der Waals surface area contributed by atoms with Crippen molar-refractivity contribution in [2.24, 2.45) is 17.6 Å². The first-order valence-corrected chi connectivity index (χ1v) is 3.87. The molecule has 2 atom stereocenters. The summed E-state index contributed by atoms with van der Waals surface area (Å²) >= 11 is 0. The van der Waals surface area contributed by atoms with E-state index in [1.807, 2.05) is 12.2 Å². The summed E-state index contributed by atoms with van der Waals surface area (Å²) in [5.74, 6) is 0.898. The molecule has 0 fully saturated rings. The first-order chi connectivity index (χ1) is 5.38. The Morgan fingerprint density at radius 1 is 1.00 bits per heavy atom. The van der Waals surface area contributed by atoms with E-state index < -0.39 is 0 Å². The first kappa shape index (κ1) is 6.47. The molecule has 0 aromatic heterocycles. The Hall–Kier alpha value is -1.24. The summed E-state index contributed by atoms with van der Waals surface area (Å²) in [6, 6.07) is 0. The van der Waals surface area contributed by atoms with Crippen LogP contribution in [0, 0.1) is 11.8 Å². The minimum atomic E-state index is 0.407. The highest BCUT2D eigenvalue weighted by atomic mass is 14.6. The molecule has 2 N–H and O–H groups in total. The number of allylic oxidation sites excluding steroid dienone is 7. The van der Waals surface area contributed by atoms with Gasteiger partial charge in [-0.25, -0.2) is 0 Å². The van der Waals surface area contributed by atoms with Crippen molar-refractivity contribution in [3.05, 3.63) is 48.2 Å². The molecule has 0 saturated heterocycles. The van der Waals surface area contributed by atoms with Gasteiger partial charge in [-0.2, -0.15) is 0 Å². The number of fused-ring (bicyclic) bond motifs is 1. The van der Waals surface area contributed by atoms with Crippen molar-refractivity contribution >= 4 is 0 Å². The maximum Gasteiger partial charge on any atom is 0.0265 e. The van der Waals surface area contributed by atoms with Gasteiger partial charge >= 0.3 is 0 Å². The lowest BCUT2D eigenvalue weighted by atomic mass is 9.83. The molecule has 0 bridgehead atoms. The standard InChI is InChI=1S/C10H11N/c11-10-7-3-5-8-4-1-2-6-9(8)10/h1-9H,11H2. The quantitative estimate of drug-likeness (QED) is 0.552. The summed E-state index contributed by atoms with van der Waals surface area (Å²) in [5.41, 5.74) is 6.78. The fourth-order valence-electron chi connectivity index (χ4n) is 1.55. The van der Waals surface area contributed by atoms with E-state index in [2.05, 4.69) is 30.4 Å². The van der Waals surface area contributed by atoms with Crippen molar-refractivity contribution in [3.63, 3.8) is 0 Å².